The summed E-state index contributed by atoms with van der Waals surface area (Å²) in [4.78, 5) is 2.75. The predicted octanol–water partition coefficient (Wildman–Crippen LogP) is 3.16. The lowest BCUT2D eigenvalue weighted by Gasteiger charge is -2.37. The van der Waals surface area contributed by atoms with Crippen LogP contribution < -0.4 is 5.73 Å². The van der Waals surface area contributed by atoms with Gasteiger partial charge in [-0.2, -0.15) is 0 Å². The van der Waals surface area contributed by atoms with E-state index < -0.39 is 0 Å². The Labute approximate surface area is 107 Å². The minimum Gasteiger partial charge on any atom is -0.328 e. The predicted molar refractivity (Wildman–Crippen MR) is 74.1 cm³/mol. The molecule has 0 heterocycles. The Balaban J connectivity index is 1.81. The van der Waals surface area contributed by atoms with E-state index in [1.165, 1.54) is 70.9 Å². The first-order valence-corrected chi connectivity index (χ1v) is 7.79. The summed E-state index contributed by atoms with van der Waals surface area (Å²) in [5.74, 6) is 0.876. The Morgan fingerprint density at radius 1 is 1.00 bits per heavy atom. The maximum absolute atomic E-state index is 6.10. The topological polar surface area (TPSA) is 29.3 Å². The molecular weight excluding hydrogens is 208 g/mol. The summed E-state index contributed by atoms with van der Waals surface area (Å²) in [5.41, 5.74) is 6.10. The molecule has 2 aliphatic rings. The zero-order chi connectivity index (χ0) is 12.1. The van der Waals surface area contributed by atoms with E-state index in [1.807, 2.05) is 0 Å². The molecule has 0 bridgehead atoms. The van der Waals surface area contributed by atoms with Gasteiger partial charge in [0.2, 0.25) is 0 Å². The van der Waals surface area contributed by atoms with Crippen molar-refractivity contribution in [2.24, 2.45) is 11.7 Å². The van der Waals surface area contributed by atoms with E-state index in [0.717, 1.165) is 12.0 Å². The molecule has 0 saturated heterocycles. The molecule has 2 aliphatic carbocycles. The SMILES string of the molecule is CCN(CC1CCCC(N)C1)C1CCCCC1. The van der Waals surface area contributed by atoms with Crippen LogP contribution in [0.3, 0.4) is 0 Å². The quantitative estimate of drug-likeness (QED) is 0.815. The monoisotopic (exact) mass is 238 g/mol. The lowest BCUT2D eigenvalue weighted by atomic mass is 9.85. The molecule has 17 heavy (non-hydrogen) atoms. The highest BCUT2D eigenvalue weighted by Gasteiger charge is 2.25. The Morgan fingerprint density at radius 2 is 1.76 bits per heavy atom. The van der Waals surface area contributed by atoms with E-state index in [9.17, 15) is 0 Å². The van der Waals surface area contributed by atoms with E-state index >= 15 is 0 Å². The van der Waals surface area contributed by atoms with Crippen molar-refractivity contribution in [3.8, 4) is 0 Å². The van der Waals surface area contributed by atoms with Gasteiger partial charge in [-0.25, -0.2) is 0 Å². The maximum Gasteiger partial charge on any atom is 0.00952 e. The smallest absolute Gasteiger partial charge is 0.00952 e. The third-order valence-electron chi connectivity index (χ3n) is 4.81. The molecule has 0 amide bonds. The van der Waals surface area contributed by atoms with Gasteiger partial charge >= 0.3 is 0 Å². The molecule has 2 unspecified atom stereocenters. The fraction of sp³-hybridized carbons (Fsp3) is 1.00. The lowest BCUT2D eigenvalue weighted by molar-refractivity contribution is 0.123. The molecule has 0 spiro atoms. The van der Waals surface area contributed by atoms with Crippen LogP contribution in [0.4, 0.5) is 0 Å². The van der Waals surface area contributed by atoms with Crippen molar-refractivity contribution in [1.29, 1.82) is 0 Å². The summed E-state index contributed by atoms with van der Waals surface area (Å²) in [6, 6.07) is 1.37. The second kappa shape index (κ2) is 6.75. The molecule has 2 rings (SSSR count). The first-order valence-electron chi connectivity index (χ1n) is 7.79. The standard InChI is InChI=1S/C15H30N2/c1-2-17(15-9-4-3-5-10-15)12-13-7-6-8-14(16)11-13/h13-15H,2-12,16H2,1H3. The Morgan fingerprint density at radius 3 is 2.41 bits per heavy atom. The summed E-state index contributed by atoms with van der Waals surface area (Å²) in [5, 5.41) is 0. The molecule has 2 fully saturated rings. The van der Waals surface area contributed by atoms with Crippen LogP contribution in [0, 0.1) is 5.92 Å². The molecule has 2 saturated carbocycles. The van der Waals surface area contributed by atoms with Crippen molar-refractivity contribution >= 4 is 0 Å². The van der Waals surface area contributed by atoms with Gasteiger partial charge in [0.15, 0.2) is 0 Å². The normalized spacial score (nSPS) is 31.9. The van der Waals surface area contributed by atoms with Crippen LogP contribution >= 0.6 is 0 Å². The fourth-order valence-electron chi connectivity index (χ4n) is 3.81. The molecule has 2 atom stereocenters. The number of nitrogens with two attached hydrogens (primary N) is 1. The first kappa shape index (κ1) is 13.4. The second-order valence-corrected chi connectivity index (χ2v) is 6.17. The molecule has 0 aromatic carbocycles. The van der Waals surface area contributed by atoms with Gasteiger partial charge in [0.25, 0.3) is 0 Å². The van der Waals surface area contributed by atoms with Gasteiger partial charge in [-0.15, -0.1) is 0 Å². The van der Waals surface area contributed by atoms with Gasteiger partial charge < -0.3 is 10.6 Å². The van der Waals surface area contributed by atoms with E-state index in [0.29, 0.717) is 6.04 Å². The Bertz CT molecular complexity index is 211. The molecule has 0 aromatic rings. The molecule has 2 heteroatoms. The van der Waals surface area contributed by atoms with Crippen LogP contribution in [-0.4, -0.2) is 30.1 Å². The fourth-order valence-corrected chi connectivity index (χ4v) is 3.81. The molecule has 0 aromatic heterocycles. The molecular formula is C15H30N2. The summed E-state index contributed by atoms with van der Waals surface area (Å²) in [6.07, 6.45) is 12.5. The summed E-state index contributed by atoms with van der Waals surface area (Å²) in [6.45, 7) is 4.88. The van der Waals surface area contributed by atoms with Crippen LogP contribution in [0.25, 0.3) is 0 Å². The van der Waals surface area contributed by atoms with Crippen LogP contribution in [0.1, 0.15) is 64.7 Å². The van der Waals surface area contributed by atoms with Crippen molar-refractivity contribution in [1.82, 2.24) is 4.90 Å². The third-order valence-corrected chi connectivity index (χ3v) is 4.81. The van der Waals surface area contributed by atoms with Crippen molar-refractivity contribution in [2.45, 2.75) is 76.8 Å². The van der Waals surface area contributed by atoms with Crippen LogP contribution in [0.5, 0.6) is 0 Å². The molecule has 2 N–H and O–H groups in total. The van der Waals surface area contributed by atoms with E-state index in [-0.39, 0.29) is 0 Å². The number of hydrogen-bond acceptors (Lipinski definition) is 2. The second-order valence-electron chi connectivity index (χ2n) is 6.17. The van der Waals surface area contributed by atoms with Crippen molar-refractivity contribution in [3.63, 3.8) is 0 Å². The summed E-state index contributed by atoms with van der Waals surface area (Å²) in [7, 11) is 0. The highest BCUT2D eigenvalue weighted by molar-refractivity contribution is 4.81. The zero-order valence-electron chi connectivity index (χ0n) is 11.5. The van der Waals surface area contributed by atoms with Crippen molar-refractivity contribution < 1.29 is 0 Å². The van der Waals surface area contributed by atoms with Crippen LogP contribution in [0.2, 0.25) is 0 Å². The van der Waals surface area contributed by atoms with E-state index in [4.69, 9.17) is 5.73 Å². The minimum atomic E-state index is 0.485. The average molecular weight is 238 g/mol. The minimum absolute atomic E-state index is 0.485. The van der Waals surface area contributed by atoms with Gasteiger partial charge in [-0.1, -0.05) is 32.6 Å². The Kier molecular flexibility index (Phi) is 5.30. The van der Waals surface area contributed by atoms with Crippen LogP contribution in [-0.2, 0) is 0 Å². The van der Waals surface area contributed by atoms with Gasteiger partial charge in [-0.05, 0) is 44.6 Å². The van der Waals surface area contributed by atoms with Crippen LogP contribution in [0.15, 0.2) is 0 Å². The molecule has 2 nitrogen and oxygen atoms in total. The Hall–Kier alpha value is -0.0800. The lowest BCUT2D eigenvalue weighted by Crippen LogP contribution is -2.42. The maximum atomic E-state index is 6.10. The van der Waals surface area contributed by atoms with E-state index in [2.05, 4.69) is 11.8 Å². The van der Waals surface area contributed by atoms with Gasteiger partial charge in [-0.3, -0.25) is 0 Å². The third kappa shape index (κ3) is 3.96. The molecule has 0 aliphatic heterocycles. The van der Waals surface area contributed by atoms with Gasteiger partial charge in [0, 0.05) is 18.6 Å². The van der Waals surface area contributed by atoms with E-state index in [1.54, 1.807) is 0 Å². The average Bonchev–Trinajstić information content (AvgIpc) is 2.37. The highest BCUT2D eigenvalue weighted by atomic mass is 15.1. The van der Waals surface area contributed by atoms with Crippen molar-refractivity contribution in [2.75, 3.05) is 13.1 Å². The van der Waals surface area contributed by atoms with Gasteiger partial charge in [0.1, 0.15) is 0 Å². The molecule has 0 radical (unpaired) electrons. The summed E-state index contributed by atoms with van der Waals surface area (Å²) < 4.78 is 0. The zero-order valence-corrected chi connectivity index (χ0v) is 11.5. The largest absolute Gasteiger partial charge is 0.328 e. The number of rotatable bonds is 4. The molecule has 100 valence electrons. The number of nitrogens with zero attached hydrogens (tertiary/aromatic N) is 1. The summed E-state index contributed by atoms with van der Waals surface area (Å²) >= 11 is 0. The first-order chi connectivity index (χ1) is 8.29. The van der Waals surface area contributed by atoms with Crippen molar-refractivity contribution in [3.05, 3.63) is 0 Å². The number of hydrogen-bond donors (Lipinski definition) is 1. The highest BCUT2D eigenvalue weighted by Crippen LogP contribution is 2.27. The van der Waals surface area contributed by atoms with Gasteiger partial charge in [0.05, 0.1) is 0 Å².